The van der Waals surface area contributed by atoms with Crippen LogP contribution in [0.2, 0.25) is 0 Å². The molecule has 1 aromatic heterocycles. The lowest BCUT2D eigenvalue weighted by Gasteiger charge is -2.14. The molecule has 0 saturated carbocycles. The van der Waals surface area contributed by atoms with Gasteiger partial charge in [0.2, 0.25) is 0 Å². The third-order valence-electron chi connectivity index (χ3n) is 3.79. The second kappa shape index (κ2) is 6.66. The summed E-state index contributed by atoms with van der Waals surface area (Å²) in [7, 11) is 1.53. The van der Waals surface area contributed by atoms with Crippen LogP contribution in [0.4, 0.5) is 4.39 Å². The summed E-state index contributed by atoms with van der Waals surface area (Å²) in [6.45, 7) is 2.13. The van der Waals surface area contributed by atoms with Crippen LogP contribution in [0.5, 0.6) is 5.75 Å². The minimum absolute atomic E-state index is 0.128. The monoisotopic (exact) mass is 328 g/mol. The van der Waals surface area contributed by atoms with Gasteiger partial charge in [0.15, 0.2) is 11.6 Å². The zero-order valence-electron chi connectivity index (χ0n) is 13.4. The summed E-state index contributed by atoms with van der Waals surface area (Å²) in [6, 6.07) is 11.8. The fourth-order valence-corrected chi connectivity index (χ4v) is 2.49. The number of ether oxygens (including phenoxy) is 1. The van der Waals surface area contributed by atoms with Gasteiger partial charge in [0, 0.05) is 12.6 Å². The zero-order valence-corrected chi connectivity index (χ0v) is 13.4. The molecule has 0 atom stereocenters. The van der Waals surface area contributed by atoms with Crippen LogP contribution in [0, 0.1) is 5.82 Å². The second-order valence-corrected chi connectivity index (χ2v) is 5.28. The lowest BCUT2D eigenvalue weighted by atomic mass is 10.0. The molecule has 3 rings (SSSR count). The molecule has 6 nitrogen and oxygen atoms in total. The minimum atomic E-state index is -0.426. The highest BCUT2D eigenvalue weighted by Gasteiger charge is 2.15. The molecule has 0 aliphatic carbocycles. The van der Waals surface area contributed by atoms with Crippen molar-refractivity contribution in [2.75, 3.05) is 0 Å². The Hall–Kier alpha value is -2.96. The van der Waals surface area contributed by atoms with Crippen LogP contribution in [0.25, 0.3) is 5.69 Å². The Labute approximate surface area is 138 Å². The molecule has 2 aromatic carbocycles. The first-order valence-corrected chi connectivity index (χ1v) is 7.59. The summed E-state index contributed by atoms with van der Waals surface area (Å²) in [5.41, 5.74) is 2.02. The summed E-state index contributed by atoms with van der Waals surface area (Å²) in [5.74, 6) is -0.259. The standard InChI is InChI=1S/C17H17FN4O2/c1-3-12-7-6-9-15(22-17(23)21(2)19-20-22)13(12)11-24-16-10-5-4-8-14(16)18/h4-10H,3,11H2,1-2H3. The lowest BCUT2D eigenvalue weighted by Crippen LogP contribution is -2.23. The summed E-state index contributed by atoms with van der Waals surface area (Å²) in [4.78, 5) is 12.1. The predicted molar refractivity (Wildman–Crippen MR) is 86.7 cm³/mol. The van der Waals surface area contributed by atoms with E-state index in [9.17, 15) is 9.18 Å². The van der Waals surface area contributed by atoms with E-state index in [1.807, 2.05) is 19.1 Å². The number of rotatable bonds is 5. The Morgan fingerprint density at radius 1 is 1.12 bits per heavy atom. The van der Waals surface area contributed by atoms with Crippen molar-refractivity contribution in [2.45, 2.75) is 20.0 Å². The van der Waals surface area contributed by atoms with Gasteiger partial charge in [-0.1, -0.05) is 31.2 Å². The van der Waals surface area contributed by atoms with E-state index in [-0.39, 0.29) is 18.0 Å². The summed E-state index contributed by atoms with van der Waals surface area (Å²) in [5, 5.41) is 7.62. The maximum atomic E-state index is 13.8. The topological polar surface area (TPSA) is 61.9 Å². The maximum Gasteiger partial charge on any atom is 0.368 e. The van der Waals surface area contributed by atoms with Crippen molar-refractivity contribution in [3.63, 3.8) is 0 Å². The van der Waals surface area contributed by atoms with Gasteiger partial charge in [0.1, 0.15) is 6.61 Å². The molecule has 0 amide bonds. The second-order valence-electron chi connectivity index (χ2n) is 5.28. The molecule has 0 aliphatic heterocycles. The van der Waals surface area contributed by atoms with Gasteiger partial charge in [-0.2, -0.15) is 9.36 Å². The average molecular weight is 328 g/mol. The lowest BCUT2D eigenvalue weighted by molar-refractivity contribution is 0.288. The first-order valence-electron chi connectivity index (χ1n) is 7.59. The smallest absolute Gasteiger partial charge is 0.368 e. The molecule has 0 aliphatic rings. The van der Waals surface area contributed by atoms with Gasteiger partial charge in [-0.05, 0) is 40.6 Å². The van der Waals surface area contributed by atoms with Gasteiger partial charge in [0.05, 0.1) is 5.69 Å². The summed E-state index contributed by atoms with van der Waals surface area (Å²) in [6.07, 6.45) is 0.749. The molecule has 7 heteroatoms. The van der Waals surface area contributed by atoms with Crippen molar-refractivity contribution in [1.29, 1.82) is 0 Å². The molecule has 0 N–H and O–H groups in total. The Bertz CT molecular complexity index is 917. The van der Waals surface area contributed by atoms with Crippen LogP contribution in [-0.4, -0.2) is 19.8 Å². The Morgan fingerprint density at radius 2 is 1.92 bits per heavy atom. The van der Waals surface area contributed by atoms with E-state index in [4.69, 9.17) is 4.74 Å². The summed E-state index contributed by atoms with van der Waals surface area (Å²) < 4.78 is 21.8. The number of tetrazole rings is 1. The van der Waals surface area contributed by atoms with E-state index in [2.05, 4.69) is 10.4 Å². The Kier molecular flexibility index (Phi) is 4.41. The van der Waals surface area contributed by atoms with Crippen molar-refractivity contribution in [3.8, 4) is 11.4 Å². The number of hydrogen-bond acceptors (Lipinski definition) is 4. The van der Waals surface area contributed by atoms with Crippen molar-refractivity contribution < 1.29 is 9.13 Å². The van der Waals surface area contributed by atoms with Crippen LogP contribution in [-0.2, 0) is 20.1 Å². The fraction of sp³-hybridized carbons (Fsp3) is 0.235. The number of aryl methyl sites for hydroxylation is 2. The van der Waals surface area contributed by atoms with E-state index in [0.717, 1.165) is 22.2 Å². The molecule has 3 aromatic rings. The molecule has 0 bridgehead atoms. The van der Waals surface area contributed by atoms with E-state index in [0.29, 0.717) is 5.69 Å². The SMILES string of the molecule is CCc1cccc(-n2nnn(C)c2=O)c1COc1ccccc1F. The molecule has 1 heterocycles. The Balaban J connectivity index is 2.01. The molecule has 0 saturated heterocycles. The van der Waals surface area contributed by atoms with E-state index >= 15 is 0 Å². The van der Waals surface area contributed by atoms with Crippen LogP contribution < -0.4 is 10.4 Å². The maximum absolute atomic E-state index is 13.8. The quantitative estimate of drug-likeness (QED) is 0.721. The normalized spacial score (nSPS) is 10.8. The zero-order chi connectivity index (χ0) is 17.1. The largest absolute Gasteiger partial charge is 0.486 e. The molecular formula is C17H17FN4O2. The van der Waals surface area contributed by atoms with E-state index < -0.39 is 5.82 Å². The molecule has 0 radical (unpaired) electrons. The van der Waals surface area contributed by atoms with E-state index in [1.165, 1.54) is 17.8 Å². The fourth-order valence-electron chi connectivity index (χ4n) is 2.49. The van der Waals surface area contributed by atoms with Crippen LogP contribution in [0.3, 0.4) is 0 Å². The molecule has 0 spiro atoms. The highest BCUT2D eigenvalue weighted by atomic mass is 19.1. The predicted octanol–water partition coefficient (Wildman–Crippen LogP) is 2.25. The van der Waals surface area contributed by atoms with Gasteiger partial charge in [0.25, 0.3) is 0 Å². The highest BCUT2D eigenvalue weighted by Crippen LogP contribution is 2.22. The third kappa shape index (κ3) is 2.92. The number of nitrogens with zero attached hydrogens (tertiary/aromatic N) is 4. The van der Waals surface area contributed by atoms with Crippen molar-refractivity contribution >= 4 is 0 Å². The van der Waals surface area contributed by atoms with Gasteiger partial charge in [-0.3, -0.25) is 0 Å². The van der Waals surface area contributed by atoms with Gasteiger partial charge < -0.3 is 4.74 Å². The first-order chi connectivity index (χ1) is 11.6. The number of hydrogen-bond donors (Lipinski definition) is 0. The number of para-hydroxylation sites is 1. The van der Waals surface area contributed by atoms with Gasteiger partial charge >= 0.3 is 5.69 Å². The van der Waals surface area contributed by atoms with E-state index in [1.54, 1.807) is 24.3 Å². The number of benzene rings is 2. The number of aromatic nitrogens is 4. The molecule has 0 unspecified atom stereocenters. The van der Waals surface area contributed by atoms with Gasteiger partial charge in [-0.15, -0.1) is 0 Å². The molecular weight excluding hydrogens is 311 g/mol. The highest BCUT2D eigenvalue weighted by molar-refractivity contribution is 5.45. The van der Waals surface area contributed by atoms with Crippen molar-refractivity contribution in [3.05, 3.63) is 69.9 Å². The average Bonchev–Trinajstić information content (AvgIpc) is 2.93. The molecule has 0 fully saturated rings. The summed E-state index contributed by atoms with van der Waals surface area (Å²) >= 11 is 0. The Morgan fingerprint density at radius 3 is 2.58 bits per heavy atom. The van der Waals surface area contributed by atoms with Crippen LogP contribution in [0.1, 0.15) is 18.1 Å². The minimum Gasteiger partial charge on any atom is -0.486 e. The van der Waals surface area contributed by atoms with Crippen LogP contribution >= 0.6 is 0 Å². The van der Waals surface area contributed by atoms with Crippen LogP contribution in [0.15, 0.2) is 47.3 Å². The molecule has 24 heavy (non-hydrogen) atoms. The van der Waals surface area contributed by atoms with Crippen molar-refractivity contribution in [1.82, 2.24) is 19.8 Å². The first kappa shape index (κ1) is 15.9. The number of halogens is 1. The molecule has 124 valence electrons. The van der Waals surface area contributed by atoms with Crippen molar-refractivity contribution in [2.24, 2.45) is 7.05 Å². The van der Waals surface area contributed by atoms with Gasteiger partial charge in [-0.25, -0.2) is 9.18 Å². The third-order valence-corrected chi connectivity index (χ3v) is 3.79.